The molecule has 0 aromatic carbocycles. The van der Waals surface area contributed by atoms with Crippen molar-refractivity contribution in [2.75, 3.05) is 52.5 Å². The van der Waals surface area contributed by atoms with Gasteiger partial charge >= 0.3 is 0 Å². The molecule has 140 valence electrons. The molecule has 2 aliphatic rings. The molecule has 1 aromatic rings. The molecule has 3 rings (SSSR count). The van der Waals surface area contributed by atoms with E-state index in [1.807, 2.05) is 0 Å². The smallest absolute Gasteiger partial charge is 0.293 e. The van der Waals surface area contributed by atoms with Crippen molar-refractivity contribution in [1.29, 1.82) is 0 Å². The molecule has 0 bridgehead atoms. The maximum Gasteiger partial charge on any atom is 0.293 e. The van der Waals surface area contributed by atoms with E-state index in [9.17, 15) is 13.2 Å². The fourth-order valence-corrected chi connectivity index (χ4v) is 4.59. The van der Waals surface area contributed by atoms with Gasteiger partial charge in [0, 0.05) is 46.3 Å². The van der Waals surface area contributed by atoms with Crippen LogP contribution in [0, 0.1) is 0 Å². The number of rotatable bonds is 3. The van der Waals surface area contributed by atoms with Crippen LogP contribution in [0.3, 0.4) is 0 Å². The lowest BCUT2D eigenvalue weighted by Crippen LogP contribution is -2.49. The van der Waals surface area contributed by atoms with Gasteiger partial charge in [0.2, 0.25) is 11.1 Å². The van der Waals surface area contributed by atoms with Gasteiger partial charge in [0.1, 0.15) is 0 Å². The highest BCUT2D eigenvalue weighted by Crippen LogP contribution is 2.15. The summed E-state index contributed by atoms with van der Waals surface area (Å²) < 4.78 is 34.9. The Hall–Kier alpha value is -1.27. The third-order valence-corrected chi connectivity index (χ3v) is 6.63. The minimum atomic E-state index is -3.53. The van der Waals surface area contributed by atoms with Crippen molar-refractivity contribution in [3.63, 3.8) is 0 Å². The molecule has 0 radical (unpaired) electrons. The molecule has 0 unspecified atom stereocenters. The molecule has 2 saturated heterocycles. The van der Waals surface area contributed by atoms with Gasteiger partial charge in [0.05, 0.1) is 13.2 Å². The monoisotopic (exact) mass is 392 g/mol. The van der Waals surface area contributed by atoms with Crippen molar-refractivity contribution in [3.8, 4) is 0 Å². The van der Waals surface area contributed by atoms with E-state index in [0.29, 0.717) is 45.8 Å². The van der Waals surface area contributed by atoms with Crippen LogP contribution in [0.4, 0.5) is 0 Å². The average Bonchev–Trinajstić information content (AvgIpc) is 2.81. The zero-order valence-corrected chi connectivity index (χ0v) is 15.5. The minimum Gasteiger partial charge on any atom is -0.379 e. The Labute approximate surface area is 151 Å². The van der Waals surface area contributed by atoms with E-state index in [1.165, 1.54) is 13.3 Å². The number of carbonyl (C=O) groups is 1. The van der Waals surface area contributed by atoms with E-state index in [-0.39, 0.29) is 30.1 Å². The SMILES string of the molecule is Cn1nc(C(=O)N2CCCN(S(=O)(=O)N3CCOCC3)CC2)nc1Cl. The normalized spacial score (nSPS) is 21.3. The first-order chi connectivity index (χ1) is 11.9. The second-order valence-electron chi connectivity index (χ2n) is 5.89. The standard InChI is InChI=1S/C13H21ClN6O4S/c1-17-13(14)15-11(16-17)12(21)18-3-2-4-19(6-5-18)25(22,23)20-7-9-24-10-8-20/h2-10H2,1H3. The summed E-state index contributed by atoms with van der Waals surface area (Å²) in [6.07, 6.45) is 0.551. The number of halogens is 1. The Morgan fingerprint density at radius 3 is 2.40 bits per heavy atom. The first-order valence-electron chi connectivity index (χ1n) is 8.08. The van der Waals surface area contributed by atoms with Crippen LogP contribution in [-0.2, 0) is 22.0 Å². The number of hydrogen-bond donors (Lipinski definition) is 0. The molecule has 1 aromatic heterocycles. The van der Waals surface area contributed by atoms with E-state index >= 15 is 0 Å². The highest BCUT2D eigenvalue weighted by molar-refractivity contribution is 7.86. The van der Waals surface area contributed by atoms with Gasteiger partial charge in [-0.2, -0.15) is 22.0 Å². The third-order valence-electron chi connectivity index (χ3n) is 4.27. The lowest BCUT2D eigenvalue weighted by molar-refractivity contribution is 0.0699. The van der Waals surface area contributed by atoms with Crippen molar-refractivity contribution in [2.45, 2.75) is 6.42 Å². The van der Waals surface area contributed by atoms with Gasteiger partial charge in [-0.1, -0.05) is 0 Å². The van der Waals surface area contributed by atoms with Crippen molar-refractivity contribution in [1.82, 2.24) is 28.3 Å². The molecule has 0 N–H and O–H groups in total. The molecular weight excluding hydrogens is 372 g/mol. The summed E-state index contributed by atoms with van der Waals surface area (Å²) in [5.41, 5.74) is 0. The Bertz CT molecular complexity index is 713. The summed E-state index contributed by atoms with van der Waals surface area (Å²) in [4.78, 5) is 18.0. The van der Waals surface area contributed by atoms with Crippen LogP contribution in [-0.4, -0.2) is 95.1 Å². The molecular formula is C13H21ClN6O4S. The van der Waals surface area contributed by atoms with E-state index < -0.39 is 10.2 Å². The first-order valence-corrected chi connectivity index (χ1v) is 9.86. The van der Waals surface area contributed by atoms with Gasteiger partial charge in [0.25, 0.3) is 16.1 Å². The number of hydrogen-bond acceptors (Lipinski definition) is 6. The summed E-state index contributed by atoms with van der Waals surface area (Å²) in [6, 6.07) is 0. The molecule has 3 heterocycles. The molecule has 12 heteroatoms. The Balaban J connectivity index is 1.66. The molecule has 0 saturated carbocycles. The van der Waals surface area contributed by atoms with Gasteiger partial charge < -0.3 is 9.64 Å². The van der Waals surface area contributed by atoms with Crippen LogP contribution in [0.15, 0.2) is 0 Å². The number of aryl methyl sites for hydroxylation is 1. The Morgan fingerprint density at radius 2 is 1.76 bits per heavy atom. The third kappa shape index (κ3) is 3.95. The molecule has 25 heavy (non-hydrogen) atoms. The molecule has 1 amide bonds. The van der Waals surface area contributed by atoms with Gasteiger partial charge in [-0.05, 0) is 18.0 Å². The predicted molar refractivity (Wildman–Crippen MR) is 89.4 cm³/mol. The number of morpholine rings is 1. The zero-order valence-electron chi connectivity index (χ0n) is 14.0. The van der Waals surface area contributed by atoms with Gasteiger partial charge in [-0.3, -0.25) is 4.79 Å². The second-order valence-corrected chi connectivity index (χ2v) is 8.16. The van der Waals surface area contributed by atoms with Crippen molar-refractivity contribution >= 4 is 27.7 Å². The van der Waals surface area contributed by atoms with Gasteiger partial charge in [-0.25, -0.2) is 4.68 Å². The quantitative estimate of drug-likeness (QED) is 0.667. The number of nitrogens with zero attached hydrogens (tertiary/aromatic N) is 6. The van der Waals surface area contributed by atoms with Gasteiger partial charge in [-0.15, -0.1) is 5.10 Å². The van der Waals surface area contributed by atoms with Crippen LogP contribution in [0.1, 0.15) is 17.0 Å². The summed E-state index contributed by atoms with van der Waals surface area (Å²) in [7, 11) is -1.93. The summed E-state index contributed by atoms with van der Waals surface area (Å²) in [5.74, 6) is -0.315. The zero-order chi connectivity index (χ0) is 18.0. The van der Waals surface area contributed by atoms with E-state index in [4.69, 9.17) is 16.3 Å². The maximum atomic E-state index is 12.7. The number of amides is 1. The first kappa shape index (κ1) is 18.5. The summed E-state index contributed by atoms with van der Waals surface area (Å²) >= 11 is 5.83. The van der Waals surface area contributed by atoms with E-state index in [1.54, 1.807) is 11.9 Å². The fraction of sp³-hybridized carbons (Fsp3) is 0.769. The largest absolute Gasteiger partial charge is 0.379 e. The minimum absolute atomic E-state index is 0.0250. The molecule has 0 spiro atoms. The molecule has 2 aliphatic heterocycles. The fourth-order valence-electron chi connectivity index (χ4n) is 2.87. The molecule has 0 aliphatic carbocycles. The summed E-state index contributed by atoms with van der Waals surface area (Å²) in [6.45, 7) is 2.89. The van der Waals surface area contributed by atoms with Crippen LogP contribution < -0.4 is 0 Å². The maximum absolute atomic E-state index is 12.7. The molecule has 2 fully saturated rings. The average molecular weight is 393 g/mol. The van der Waals surface area contributed by atoms with Crippen LogP contribution in [0.2, 0.25) is 5.28 Å². The van der Waals surface area contributed by atoms with Crippen molar-refractivity contribution in [3.05, 3.63) is 11.1 Å². The molecule has 0 atom stereocenters. The number of carbonyl (C=O) groups excluding carboxylic acids is 1. The van der Waals surface area contributed by atoms with E-state index in [2.05, 4.69) is 10.1 Å². The van der Waals surface area contributed by atoms with Crippen LogP contribution in [0.25, 0.3) is 0 Å². The topological polar surface area (TPSA) is 101 Å². The lowest BCUT2D eigenvalue weighted by Gasteiger charge is -2.31. The molecule has 10 nitrogen and oxygen atoms in total. The predicted octanol–water partition coefficient (Wildman–Crippen LogP) is -0.807. The summed E-state index contributed by atoms with van der Waals surface area (Å²) in [5, 5.41) is 4.12. The highest BCUT2D eigenvalue weighted by atomic mass is 35.5. The van der Waals surface area contributed by atoms with Crippen molar-refractivity contribution < 1.29 is 17.9 Å². The highest BCUT2D eigenvalue weighted by Gasteiger charge is 2.33. The van der Waals surface area contributed by atoms with Crippen LogP contribution in [0.5, 0.6) is 0 Å². The Kier molecular flexibility index (Phi) is 5.58. The lowest BCUT2D eigenvalue weighted by atomic mass is 10.4. The van der Waals surface area contributed by atoms with Crippen LogP contribution >= 0.6 is 11.6 Å². The number of aromatic nitrogens is 3. The van der Waals surface area contributed by atoms with Crippen molar-refractivity contribution in [2.24, 2.45) is 7.05 Å². The van der Waals surface area contributed by atoms with Gasteiger partial charge in [0.15, 0.2) is 0 Å². The Morgan fingerprint density at radius 1 is 1.08 bits per heavy atom. The number of ether oxygens (including phenoxy) is 1. The van der Waals surface area contributed by atoms with E-state index in [0.717, 1.165) is 0 Å². The second kappa shape index (κ2) is 7.54.